The molecule has 16 heavy (non-hydrogen) atoms. The molecule has 4 N–H and O–H groups in total. The number of rotatable bonds is 4. The lowest BCUT2D eigenvalue weighted by atomic mass is 10.0. The zero-order valence-corrected chi connectivity index (χ0v) is 9.31. The largest absolute Gasteiger partial charge is 0.495 e. The van der Waals surface area contributed by atoms with E-state index in [-0.39, 0.29) is 10.6 Å². The fourth-order valence-electron chi connectivity index (χ4n) is 1.20. The first-order valence-corrected chi connectivity index (χ1v) is 4.84. The monoisotopic (exact) mass is 245 g/mol. The van der Waals surface area contributed by atoms with Gasteiger partial charge >= 0.3 is 0 Å². The third-order valence-corrected chi connectivity index (χ3v) is 2.40. The Morgan fingerprint density at radius 3 is 2.56 bits per heavy atom. The van der Waals surface area contributed by atoms with E-state index in [2.05, 4.69) is 0 Å². The number of carbonyl (C=O) groups is 1. The summed E-state index contributed by atoms with van der Waals surface area (Å²) in [6.45, 7) is 0. The van der Waals surface area contributed by atoms with Gasteiger partial charge in [0.1, 0.15) is 11.9 Å². The van der Waals surface area contributed by atoms with E-state index in [1.54, 1.807) is 0 Å². The summed E-state index contributed by atoms with van der Waals surface area (Å²) in [6.07, 6.45) is -3.06. The molecule has 0 aliphatic heterocycles. The molecule has 0 aromatic heterocycles. The smallest absolute Gasteiger partial charge is 0.249 e. The molecule has 0 heterocycles. The number of nitrogens with two attached hydrogens (primary N) is 1. The first-order chi connectivity index (χ1) is 7.47. The van der Waals surface area contributed by atoms with Crippen molar-refractivity contribution >= 4 is 17.5 Å². The molecule has 88 valence electrons. The number of carbonyl (C=O) groups excluding carboxylic acids is 1. The number of amides is 1. The molecule has 0 aliphatic carbocycles. The van der Waals surface area contributed by atoms with Crippen molar-refractivity contribution < 1.29 is 19.7 Å². The molecule has 0 aliphatic rings. The maximum Gasteiger partial charge on any atom is 0.249 e. The van der Waals surface area contributed by atoms with Crippen molar-refractivity contribution in [2.45, 2.75) is 12.2 Å². The van der Waals surface area contributed by atoms with Gasteiger partial charge in [0.25, 0.3) is 0 Å². The van der Waals surface area contributed by atoms with Crippen LogP contribution in [0.15, 0.2) is 18.2 Å². The molecule has 1 aromatic rings. The van der Waals surface area contributed by atoms with Gasteiger partial charge in [0.15, 0.2) is 6.10 Å². The first-order valence-electron chi connectivity index (χ1n) is 4.46. The topological polar surface area (TPSA) is 92.8 Å². The summed E-state index contributed by atoms with van der Waals surface area (Å²) >= 11 is 5.82. The molecule has 1 rings (SSSR count). The van der Waals surface area contributed by atoms with Gasteiger partial charge in [0, 0.05) is 0 Å². The molecule has 1 amide bonds. The van der Waals surface area contributed by atoms with Crippen molar-refractivity contribution in [3.05, 3.63) is 28.8 Å². The van der Waals surface area contributed by atoms with Crippen LogP contribution in [0.1, 0.15) is 11.7 Å². The lowest BCUT2D eigenvalue weighted by Gasteiger charge is -2.15. The highest BCUT2D eigenvalue weighted by atomic mass is 35.5. The SMILES string of the molecule is COc1ccc(C(O)C(O)C(N)=O)cc1Cl. The molecule has 2 unspecified atom stereocenters. The number of ether oxygens (including phenoxy) is 1. The number of hydrogen-bond acceptors (Lipinski definition) is 4. The zero-order chi connectivity index (χ0) is 12.3. The Morgan fingerprint density at radius 1 is 1.50 bits per heavy atom. The highest BCUT2D eigenvalue weighted by Gasteiger charge is 2.23. The Morgan fingerprint density at radius 2 is 2.12 bits per heavy atom. The minimum atomic E-state index is -1.66. The van der Waals surface area contributed by atoms with Gasteiger partial charge in [-0.05, 0) is 17.7 Å². The second kappa shape index (κ2) is 5.16. The van der Waals surface area contributed by atoms with Crippen molar-refractivity contribution in [1.82, 2.24) is 0 Å². The highest BCUT2D eigenvalue weighted by Crippen LogP contribution is 2.28. The van der Waals surface area contributed by atoms with Crippen molar-refractivity contribution in [2.24, 2.45) is 5.73 Å². The van der Waals surface area contributed by atoms with Gasteiger partial charge in [-0.15, -0.1) is 0 Å². The molecule has 1 aromatic carbocycles. The minimum absolute atomic E-state index is 0.274. The van der Waals surface area contributed by atoms with Gasteiger partial charge in [-0.2, -0.15) is 0 Å². The van der Waals surface area contributed by atoms with Gasteiger partial charge < -0.3 is 20.7 Å². The summed E-state index contributed by atoms with van der Waals surface area (Å²) in [5.74, 6) is -0.564. The maximum atomic E-state index is 10.7. The lowest BCUT2D eigenvalue weighted by molar-refractivity contribution is -0.131. The van der Waals surface area contributed by atoms with Crippen molar-refractivity contribution in [2.75, 3.05) is 7.11 Å². The molecule has 0 saturated carbocycles. The van der Waals surface area contributed by atoms with Crippen molar-refractivity contribution in [1.29, 1.82) is 0 Å². The molecule has 0 radical (unpaired) electrons. The van der Waals surface area contributed by atoms with Gasteiger partial charge in [-0.25, -0.2) is 0 Å². The minimum Gasteiger partial charge on any atom is -0.495 e. The zero-order valence-electron chi connectivity index (χ0n) is 8.55. The summed E-state index contributed by atoms with van der Waals surface area (Å²) in [4.78, 5) is 10.7. The van der Waals surface area contributed by atoms with Crippen molar-refractivity contribution in [3.8, 4) is 5.75 Å². The molecular weight excluding hydrogens is 234 g/mol. The van der Waals surface area contributed by atoms with Crippen LogP contribution in [0.4, 0.5) is 0 Å². The number of halogens is 1. The van der Waals surface area contributed by atoms with Crippen LogP contribution >= 0.6 is 11.6 Å². The summed E-state index contributed by atoms with van der Waals surface area (Å²) in [5, 5.41) is 19.1. The van der Waals surface area contributed by atoms with E-state index in [1.165, 1.54) is 25.3 Å². The van der Waals surface area contributed by atoms with E-state index in [1.807, 2.05) is 0 Å². The molecular formula is C10H12ClNO4. The summed E-state index contributed by atoms with van der Waals surface area (Å²) in [6, 6.07) is 4.41. The fourth-order valence-corrected chi connectivity index (χ4v) is 1.47. The second-order valence-electron chi connectivity index (χ2n) is 3.19. The van der Waals surface area contributed by atoms with E-state index in [4.69, 9.17) is 22.1 Å². The number of aliphatic hydroxyl groups excluding tert-OH is 2. The van der Waals surface area contributed by atoms with Gasteiger partial charge in [0.05, 0.1) is 12.1 Å². The average Bonchev–Trinajstić information content (AvgIpc) is 2.26. The van der Waals surface area contributed by atoms with Crippen LogP contribution in [-0.2, 0) is 4.79 Å². The number of methoxy groups -OCH3 is 1. The molecule has 6 heteroatoms. The summed E-state index contributed by atoms with van der Waals surface area (Å²) < 4.78 is 4.92. The van der Waals surface area contributed by atoms with Crippen LogP contribution in [0.5, 0.6) is 5.75 Å². The van der Waals surface area contributed by atoms with Crippen LogP contribution in [0.25, 0.3) is 0 Å². The van der Waals surface area contributed by atoms with Gasteiger partial charge in [-0.1, -0.05) is 17.7 Å². The van der Waals surface area contributed by atoms with Crippen LogP contribution in [0.3, 0.4) is 0 Å². The molecule has 5 nitrogen and oxygen atoms in total. The van der Waals surface area contributed by atoms with Gasteiger partial charge in [-0.3, -0.25) is 4.79 Å². The Kier molecular flexibility index (Phi) is 4.12. The maximum absolute atomic E-state index is 10.7. The second-order valence-corrected chi connectivity index (χ2v) is 3.59. The third kappa shape index (κ3) is 2.63. The van der Waals surface area contributed by atoms with E-state index in [0.29, 0.717) is 5.75 Å². The summed E-state index contributed by atoms with van der Waals surface area (Å²) in [5.41, 5.74) is 5.15. The molecule has 0 bridgehead atoms. The molecule has 0 spiro atoms. The number of aliphatic hydroxyl groups is 2. The number of primary amides is 1. The quantitative estimate of drug-likeness (QED) is 0.708. The normalized spacial score (nSPS) is 14.2. The van der Waals surface area contributed by atoms with Crippen molar-refractivity contribution in [3.63, 3.8) is 0 Å². The van der Waals surface area contributed by atoms with Crippen LogP contribution in [0, 0.1) is 0 Å². The number of hydrogen-bond donors (Lipinski definition) is 3. The Balaban J connectivity index is 2.97. The fraction of sp³-hybridized carbons (Fsp3) is 0.300. The van der Waals surface area contributed by atoms with E-state index in [0.717, 1.165) is 0 Å². The molecule has 0 saturated heterocycles. The molecule has 0 fully saturated rings. The van der Waals surface area contributed by atoms with E-state index >= 15 is 0 Å². The first kappa shape index (κ1) is 12.8. The van der Waals surface area contributed by atoms with Crippen LogP contribution < -0.4 is 10.5 Å². The Hall–Kier alpha value is -1.30. The predicted octanol–water partition coefficient (Wildman–Crippen LogP) is 0.228. The standard InChI is InChI=1S/C10H12ClNO4/c1-16-7-3-2-5(4-6(7)11)8(13)9(14)10(12)15/h2-4,8-9,13-14H,1H3,(H2,12,15). The highest BCUT2D eigenvalue weighted by molar-refractivity contribution is 6.32. The average molecular weight is 246 g/mol. The summed E-state index contributed by atoms with van der Waals surface area (Å²) in [7, 11) is 1.45. The van der Waals surface area contributed by atoms with Crippen LogP contribution in [-0.4, -0.2) is 29.3 Å². The van der Waals surface area contributed by atoms with E-state index in [9.17, 15) is 15.0 Å². The third-order valence-electron chi connectivity index (χ3n) is 2.11. The Bertz CT molecular complexity index is 396. The van der Waals surface area contributed by atoms with Crippen LogP contribution in [0.2, 0.25) is 5.02 Å². The predicted molar refractivity (Wildman–Crippen MR) is 58.2 cm³/mol. The lowest BCUT2D eigenvalue weighted by Crippen LogP contribution is -2.33. The Labute approximate surface area is 97.4 Å². The molecule has 2 atom stereocenters. The van der Waals surface area contributed by atoms with E-state index < -0.39 is 18.1 Å². The number of benzene rings is 1. The van der Waals surface area contributed by atoms with Gasteiger partial charge in [0.2, 0.25) is 5.91 Å².